The molecule has 0 aliphatic carbocycles. The topological polar surface area (TPSA) is 63.7 Å². The van der Waals surface area contributed by atoms with Gasteiger partial charge in [-0.05, 0) is 25.1 Å². The minimum absolute atomic E-state index is 0.00208. The second-order valence-corrected chi connectivity index (χ2v) is 6.52. The summed E-state index contributed by atoms with van der Waals surface area (Å²) in [5, 5.41) is 5.93. The zero-order valence-corrected chi connectivity index (χ0v) is 13.6. The van der Waals surface area contributed by atoms with Crippen LogP contribution >= 0.6 is 11.3 Å². The molecule has 2 aliphatic rings. The van der Waals surface area contributed by atoms with Gasteiger partial charge in [0.1, 0.15) is 10.7 Å². The molecule has 4 rings (SSSR count). The summed E-state index contributed by atoms with van der Waals surface area (Å²) >= 11 is 1.47. The molecule has 23 heavy (non-hydrogen) atoms. The first kappa shape index (κ1) is 14.5. The summed E-state index contributed by atoms with van der Waals surface area (Å²) < 4.78 is 10.7. The largest absolute Gasteiger partial charge is 0.454 e. The lowest BCUT2D eigenvalue weighted by Gasteiger charge is -2.33. The zero-order chi connectivity index (χ0) is 15.8. The van der Waals surface area contributed by atoms with Crippen LogP contribution in [0.25, 0.3) is 10.6 Å². The van der Waals surface area contributed by atoms with Gasteiger partial charge >= 0.3 is 0 Å². The van der Waals surface area contributed by atoms with Gasteiger partial charge in [-0.3, -0.25) is 4.79 Å². The smallest absolute Gasteiger partial charge is 0.273 e. The summed E-state index contributed by atoms with van der Waals surface area (Å²) in [6.07, 6.45) is 0. The molecule has 0 spiro atoms. The van der Waals surface area contributed by atoms with Gasteiger partial charge in [0.2, 0.25) is 6.79 Å². The molecule has 6 nitrogen and oxygen atoms in total. The van der Waals surface area contributed by atoms with E-state index in [-0.39, 0.29) is 18.7 Å². The van der Waals surface area contributed by atoms with Crippen molar-refractivity contribution in [3.05, 3.63) is 29.3 Å². The van der Waals surface area contributed by atoms with Crippen molar-refractivity contribution in [1.29, 1.82) is 0 Å². The Kier molecular flexibility index (Phi) is 3.66. The number of hydrogen-bond donors (Lipinski definition) is 1. The van der Waals surface area contributed by atoms with Gasteiger partial charge in [-0.2, -0.15) is 0 Å². The van der Waals surface area contributed by atoms with E-state index in [2.05, 4.69) is 17.2 Å². The van der Waals surface area contributed by atoms with Crippen LogP contribution in [0.2, 0.25) is 0 Å². The number of carbonyl (C=O) groups is 1. The van der Waals surface area contributed by atoms with Gasteiger partial charge in [-0.25, -0.2) is 4.98 Å². The molecular formula is C16H17N3O3S. The average Bonchev–Trinajstić information content (AvgIpc) is 3.23. The molecule has 0 bridgehead atoms. The van der Waals surface area contributed by atoms with E-state index in [1.54, 1.807) is 0 Å². The standard InChI is InChI=1S/C16H17N3O3S/c1-10-7-17-4-5-19(10)16(20)12-8-23-15(18-12)11-2-3-13-14(6-11)22-9-21-13/h2-3,6,8,10,17H,4-5,7,9H2,1H3/t10-/m0/s1. The Morgan fingerprint density at radius 3 is 3.13 bits per heavy atom. The van der Waals surface area contributed by atoms with Gasteiger partial charge in [-0.1, -0.05) is 0 Å². The Hall–Kier alpha value is -2.12. The highest BCUT2D eigenvalue weighted by molar-refractivity contribution is 7.13. The van der Waals surface area contributed by atoms with Crippen LogP contribution in [-0.2, 0) is 0 Å². The molecule has 0 saturated carbocycles. The van der Waals surface area contributed by atoms with Gasteiger partial charge in [0, 0.05) is 36.6 Å². The third-order valence-corrected chi connectivity index (χ3v) is 5.00. The maximum absolute atomic E-state index is 12.6. The Morgan fingerprint density at radius 2 is 2.26 bits per heavy atom. The van der Waals surface area contributed by atoms with Crippen LogP contribution in [0.5, 0.6) is 11.5 Å². The van der Waals surface area contributed by atoms with Crippen molar-refractivity contribution in [3.8, 4) is 22.1 Å². The molecule has 1 saturated heterocycles. The predicted molar refractivity (Wildman–Crippen MR) is 87.0 cm³/mol. The minimum Gasteiger partial charge on any atom is -0.454 e. The SMILES string of the molecule is C[C@H]1CNCCN1C(=O)c1csc(-c2ccc3c(c2)OCO3)n1. The molecular weight excluding hydrogens is 314 g/mol. The van der Waals surface area contributed by atoms with Crippen LogP contribution < -0.4 is 14.8 Å². The molecule has 1 amide bonds. The molecule has 0 radical (unpaired) electrons. The van der Waals surface area contributed by atoms with Crippen molar-refractivity contribution in [1.82, 2.24) is 15.2 Å². The second kappa shape index (κ2) is 5.82. The molecule has 0 unspecified atom stereocenters. The van der Waals surface area contributed by atoms with E-state index in [4.69, 9.17) is 9.47 Å². The number of nitrogens with zero attached hydrogens (tertiary/aromatic N) is 2. The fourth-order valence-electron chi connectivity index (χ4n) is 2.82. The van der Waals surface area contributed by atoms with E-state index in [1.807, 2.05) is 28.5 Å². The van der Waals surface area contributed by atoms with Gasteiger partial charge in [-0.15, -0.1) is 11.3 Å². The summed E-state index contributed by atoms with van der Waals surface area (Å²) in [5.41, 5.74) is 1.45. The number of hydrogen-bond acceptors (Lipinski definition) is 6. The van der Waals surface area contributed by atoms with Gasteiger partial charge in [0.25, 0.3) is 5.91 Å². The van der Waals surface area contributed by atoms with E-state index in [1.165, 1.54) is 11.3 Å². The van der Waals surface area contributed by atoms with Crippen molar-refractivity contribution in [3.63, 3.8) is 0 Å². The summed E-state index contributed by atoms with van der Waals surface area (Å²) in [5.74, 6) is 1.47. The molecule has 7 heteroatoms. The molecule has 1 N–H and O–H groups in total. The van der Waals surface area contributed by atoms with E-state index >= 15 is 0 Å². The number of benzene rings is 1. The molecule has 2 aromatic rings. The molecule has 1 aromatic carbocycles. The van der Waals surface area contributed by atoms with Crippen LogP contribution in [0, 0.1) is 0 Å². The molecule has 1 atom stereocenters. The third kappa shape index (κ3) is 2.66. The molecule has 3 heterocycles. The van der Waals surface area contributed by atoms with Crippen molar-refractivity contribution >= 4 is 17.2 Å². The lowest BCUT2D eigenvalue weighted by molar-refractivity contribution is 0.0650. The lowest BCUT2D eigenvalue weighted by Crippen LogP contribution is -2.52. The summed E-state index contributed by atoms with van der Waals surface area (Å²) in [7, 11) is 0. The first-order valence-electron chi connectivity index (χ1n) is 7.59. The number of amides is 1. The van der Waals surface area contributed by atoms with E-state index in [0.29, 0.717) is 5.69 Å². The van der Waals surface area contributed by atoms with Crippen molar-refractivity contribution < 1.29 is 14.3 Å². The number of carbonyl (C=O) groups excluding carboxylic acids is 1. The van der Waals surface area contributed by atoms with Gasteiger partial charge in [0.05, 0.1) is 0 Å². The Labute approximate surface area is 138 Å². The maximum Gasteiger partial charge on any atom is 0.273 e. The van der Waals surface area contributed by atoms with E-state index in [9.17, 15) is 4.79 Å². The van der Waals surface area contributed by atoms with E-state index in [0.717, 1.165) is 41.7 Å². The van der Waals surface area contributed by atoms with E-state index < -0.39 is 0 Å². The Balaban J connectivity index is 1.58. The number of nitrogens with one attached hydrogen (secondary N) is 1. The number of thiazole rings is 1. The highest BCUT2D eigenvalue weighted by Crippen LogP contribution is 2.36. The van der Waals surface area contributed by atoms with Crippen LogP contribution in [0.3, 0.4) is 0 Å². The normalized spacial score (nSPS) is 19.9. The summed E-state index contributed by atoms with van der Waals surface area (Å²) in [4.78, 5) is 19.0. The monoisotopic (exact) mass is 331 g/mol. The van der Waals surface area contributed by atoms with Crippen molar-refractivity contribution in [2.45, 2.75) is 13.0 Å². The van der Waals surface area contributed by atoms with Gasteiger partial charge in [0.15, 0.2) is 11.5 Å². The van der Waals surface area contributed by atoms with Crippen LogP contribution in [0.4, 0.5) is 0 Å². The quantitative estimate of drug-likeness (QED) is 0.911. The molecule has 1 aromatic heterocycles. The maximum atomic E-state index is 12.6. The fourth-order valence-corrected chi connectivity index (χ4v) is 3.61. The molecule has 120 valence electrons. The fraction of sp³-hybridized carbons (Fsp3) is 0.375. The van der Waals surface area contributed by atoms with Crippen LogP contribution in [0.1, 0.15) is 17.4 Å². The second-order valence-electron chi connectivity index (χ2n) is 5.66. The van der Waals surface area contributed by atoms with Crippen LogP contribution in [-0.4, -0.2) is 48.3 Å². The highest BCUT2D eigenvalue weighted by Gasteiger charge is 2.26. The zero-order valence-electron chi connectivity index (χ0n) is 12.7. The van der Waals surface area contributed by atoms with Crippen molar-refractivity contribution in [2.75, 3.05) is 26.4 Å². The predicted octanol–water partition coefficient (Wildman–Crippen LogP) is 1.97. The van der Waals surface area contributed by atoms with Crippen LogP contribution in [0.15, 0.2) is 23.6 Å². The molecule has 1 fully saturated rings. The number of aromatic nitrogens is 1. The molecule has 2 aliphatic heterocycles. The Morgan fingerprint density at radius 1 is 1.39 bits per heavy atom. The van der Waals surface area contributed by atoms with Gasteiger partial charge < -0.3 is 19.7 Å². The third-order valence-electron chi connectivity index (χ3n) is 4.10. The number of ether oxygens (including phenoxy) is 2. The highest BCUT2D eigenvalue weighted by atomic mass is 32.1. The minimum atomic E-state index is 0.00208. The number of piperazine rings is 1. The lowest BCUT2D eigenvalue weighted by atomic mass is 10.2. The number of fused-ring (bicyclic) bond motifs is 1. The average molecular weight is 331 g/mol. The first-order valence-corrected chi connectivity index (χ1v) is 8.47. The Bertz CT molecular complexity index is 746. The summed E-state index contributed by atoms with van der Waals surface area (Å²) in [6, 6.07) is 5.91. The first-order chi connectivity index (χ1) is 11.2. The number of rotatable bonds is 2. The van der Waals surface area contributed by atoms with Crippen molar-refractivity contribution in [2.24, 2.45) is 0 Å². The summed E-state index contributed by atoms with van der Waals surface area (Å²) in [6.45, 7) is 4.67.